The van der Waals surface area contributed by atoms with Crippen LogP contribution in [0.25, 0.3) is 0 Å². The van der Waals surface area contributed by atoms with Crippen molar-refractivity contribution in [2.45, 2.75) is 69.6 Å². The van der Waals surface area contributed by atoms with Gasteiger partial charge in [-0.15, -0.1) is 0 Å². The Labute approximate surface area is 120 Å². The number of carbonyl (C=O) groups is 2. The summed E-state index contributed by atoms with van der Waals surface area (Å²) in [7, 11) is 1.92. The molecule has 0 radical (unpaired) electrons. The molecule has 5 heteroatoms. The number of piperidine rings is 1. The normalized spacial score (nSPS) is 36.2. The van der Waals surface area contributed by atoms with Crippen molar-refractivity contribution in [3.8, 4) is 0 Å². The zero-order valence-electron chi connectivity index (χ0n) is 12.5. The molecule has 1 N–H and O–H groups in total. The summed E-state index contributed by atoms with van der Waals surface area (Å²) in [4.78, 5) is 28.0. The van der Waals surface area contributed by atoms with E-state index < -0.39 is 0 Å². The van der Waals surface area contributed by atoms with Crippen LogP contribution in [0.5, 0.6) is 0 Å². The summed E-state index contributed by atoms with van der Waals surface area (Å²) in [5.74, 6) is 0.170. The van der Waals surface area contributed by atoms with E-state index in [1.165, 1.54) is 12.8 Å². The highest BCUT2D eigenvalue weighted by Crippen LogP contribution is 2.30. The molecule has 0 aromatic carbocycles. The van der Waals surface area contributed by atoms with Gasteiger partial charge >= 0.3 is 0 Å². The molecule has 0 aliphatic carbocycles. The summed E-state index contributed by atoms with van der Waals surface area (Å²) in [5, 5.41) is 3.61. The Balaban J connectivity index is 1.66. The fraction of sp³-hybridized carbons (Fsp3) is 0.867. The van der Waals surface area contributed by atoms with Crippen molar-refractivity contribution in [1.82, 2.24) is 15.1 Å². The van der Waals surface area contributed by atoms with Crippen LogP contribution in [0.2, 0.25) is 0 Å². The van der Waals surface area contributed by atoms with Crippen LogP contribution in [0.4, 0.5) is 0 Å². The van der Waals surface area contributed by atoms with Crippen molar-refractivity contribution in [1.29, 1.82) is 0 Å². The Morgan fingerprint density at radius 2 is 1.80 bits per heavy atom. The largest absolute Gasteiger partial charge is 0.341 e. The van der Waals surface area contributed by atoms with E-state index in [9.17, 15) is 9.59 Å². The molecule has 20 heavy (non-hydrogen) atoms. The van der Waals surface area contributed by atoms with Crippen LogP contribution in [0.15, 0.2) is 0 Å². The lowest BCUT2D eigenvalue weighted by molar-refractivity contribution is -0.143. The van der Waals surface area contributed by atoms with Gasteiger partial charge in [-0.3, -0.25) is 9.59 Å². The maximum atomic E-state index is 12.7. The molecule has 5 nitrogen and oxygen atoms in total. The van der Waals surface area contributed by atoms with Crippen LogP contribution in [-0.4, -0.2) is 59.4 Å². The highest BCUT2D eigenvalue weighted by molar-refractivity contribution is 5.87. The number of hydrogen-bond donors (Lipinski definition) is 1. The molecule has 3 aliphatic rings. The van der Waals surface area contributed by atoms with Crippen LogP contribution in [0.3, 0.4) is 0 Å². The third kappa shape index (κ3) is 2.43. The molecule has 0 aromatic heterocycles. The number of hydrogen-bond acceptors (Lipinski definition) is 3. The third-order valence-corrected chi connectivity index (χ3v) is 5.29. The summed E-state index contributed by atoms with van der Waals surface area (Å²) in [6.07, 6.45) is 6.37. The first-order valence-corrected chi connectivity index (χ1v) is 7.86. The van der Waals surface area contributed by atoms with E-state index in [2.05, 4.69) is 5.32 Å². The van der Waals surface area contributed by atoms with Gasteiger partial charge in [-0.05, 0) is 38.5 Å². The zero-order chi connectivity index (χ0) is 14.3. The van der Waals surface area contributed by atoms with Crippen LogP contribution < -0.4 is 5.32 Å². The maximum absolute atomic E-state index is 12.7. The van der Waals surface area contributed by atoms with Crippen LogP contribution in [-0.2, 0) is 9.59 Å². The molecule has 3 fully saturated rings. The lowest BCUT2D eigenvalue weighted by atomic mass is 9.97. The summed E-state index contributed by atoms with van der Waals surface area (Å²) in [6, 6.07) is 1.30. The number of nitrogens with zero attached hydrogens (tertiary/aromatic N) is 2. The van der Waals surface area contributed by atoms with Gasteiger partial charge in [-0.1, -0.05) is 0 Å². The number of likely N-dealkylation sites (tertiary alicyclic amines) is 1. The van der Waals surface area contributed by atoms with E-state index in [1.54, 1.807) is 11.8 Å². The van der Waals surface area contributed by atoms with Gasteiger partial charge in [0.15, 0.2) is 0 Å². The summed E-state index contributed by atoms with van der Waals surface area (Å²) in [5.41, 5.74) is 0. The number of fused-ring (bicyclic) bond motifs is 2. The van der Waals surface area contributed by atoms with Gasteiger partial charge in [0, 0.05) is 38.6 Å². The zero-order valence-corrected chi connectivity index (χ0v) is 12.5. The molecule has 2 bridgehead atoms. The van der Waals surface area contributed by atoms with E-state index in [0.29, 0.717) is 18.1 Å². The smallest absolute Gasteiger partial charge is 0.245 e. The van der Waals surface area contributed by atoms with Crippen molar-refractivity contribution in [3.63, 3.8) is 0 Å². The SMILES string of the molecule is CC(=O)N1CCCC1C(=O)N(C)C1CC2CCC(C1)N2. The second kappa shape index (κ2) is 5.35. The van der Waals surface area contributed by atoms with Crippen molar-refractivity contribution in [2.75, 3.05) is 13.6 Å². The molecular weight excluding hydrogens is 254 g/mol. The quantitative estimate of drug-likeness (QED) is 0.811. The Morgan fingerprint density at radius 3 is 2.40 bits per heavy atom. The molecule has 3 saturated heterocycles. The topological polar surface area (TPSA) is 52.7 Å². The minimum atomic E-state index is -0.218. The number of nitrogens with one attached hydrogen (secondary N) is 1. The van der Waals surface area contributed by atoms with Crippen molar-refractivity contribution in [2.24, 2.45) is 0 Å². The van der Waals surface area contributed by atoms with Gasteiger partial charge < -0.3 is 15.1 Å². The van der Waals surface area contributed by atoms with Crippen LogP contribution in [0, 0.1) is 0 Å². The standard InChI is InChI=1S/C15H25N3O2/c1-10(19)18-7-3-4-14(18)15(20)17(2)13-8-11-5-6-12(9-13)16-11/h11-14,16H,3-9H2,1-2H3. The predicted molar refractivity (Wildman–Crippen MR) is 76.1 cm³/mol. The number of likely N-dealkylation sites (N-methyl/N-ethyl adjacent to an activating group) is 1. The lowest BCUT2D eigenvalue weighted by Crippen LogP contribution is -2.53. The average molecular weight is 279 g/mol. The number of rotatable bonds is 2. The number of carbonyl (C=O) groups excluding carboxylic acids is 2. The Hall–Kier alpha value is -1.10. The first-order chi connectivity index (χ1) is 9.56. The third-order valence-electron chi connectivity index (χ3n) is 5.29. The Morgan fingerprint density at radius 1 is 1.15 bits per heavy atom. The van der Waals surface area contributed by atoms with Crippen LogP contribution in [0.1, 0.15) is 45.4 Å². The molecule has 3 heterocycles. The maximum Gasteiger partial charge on any atom is 0.245 e. The van der Waals surface area contributed by atoms with Gasteiger partial charge in [0.25, 0.3) is 0 Å². The van der Waals surface area contributed by atoms with E-state index >= 15 is 0 Å². The van der Waals surface area contributed by atoms with Crippen molar-refractivity contribution < 1.29 is 9.59 Å². The minimum absolute atomic E-state index is 0.0274. The molecule has 2 amide bonds. The van der Waals surface area contributed by atoms with Gasteiger partial charge in [0.05, 0.1) is 0 Å². The fourth-order valence-electron chi connectivity index (χ4n) is 4.16. The molecule has 3 atom stereocenters. The van der Waals surface area contributed by atoms with E-state index in [4.69, 9.17) is 0 Å². The molecule has 3 unspecified atom stereocenters. The number of amides is 2. The van der Waals surface area contributed by atoms with Crippen molar-refractivity contribution >= 4 is 11.8 Å². The molecule has 0 saturated carbocycles. The second-order valence-electron chi connectivity index (χ2n) is 6.58. The van der Waals surface area contributed by atoms with E-state index in [0.717, 1.165) is 32.2 Å². The molecule has 112 valence electrons. The van der Waals surface area contributed by atoms with Gasteiger partial charge in [0.2, 0.25) is 11.8 Å². The van der Waals surface area contributed by atoms with E-state index in [1.807, 2.05) is 11.9 Å². The fourth-order valence-corrected chi connectivity index (χ4v) is 4.16. The van der Waals surface area contributed by atoms with Gasteiger partial charge in [-0.2, -0.15) is 0 Å². The molecule has 0 aromatic rings. The van der Waals surface area contributed by atoms with E-state index in [-0.39, 0.29) is 17.9 Å². The summed E-state index contributed by atoms with van der Waals surface area (Å²) >= 11 is 0. The van der Waals surface area contributed by atoms with Gasteiger partial charge in [0.1, 0.15) is 6.04 Å². The Bertz CT molecular complexity index is 400. The molecular formula is C15H25N3O2. The highest BCUT2D eigenvalue weighted by Gasteiger charge is 2.40. The summed E-state index contributed by atoms with van der Waals surface area (Å²) < 4.78 is 0. The second-order valence-corrected chi connectivity index (χ2v) is 6.58. The average Bonchev–Trinajstić information content (AvgIpc) is 3.03. The first-order valence-electron chi connectivity index (χ1n) is 7.86. The monoisotopic (exact) mass is 279 g/mol. The highest BCUT2D eigenvalue weighted by atomic mass is 16.2. The molecule has 3 rings (SSSR count). The molecule has 0 spiro atoms. The minimum Gasteiger partial charge on any atom is -0.341 e. The van der Waals surface area contributed by atoms with Gasteiger partial charge in [-0.25, -0.2) is 0 Å². The predicted octanol–water partition coefficient (Wildman–Crippen LogP) is 0.739. The van der Waals surface area contributed by atoms with Crippen LogP contribution >= 0.6 is 0 Å². The summed E-state index contributed by atoms with van der Waals surface area (Å²) in [6.45, 7) is 2.30. The Kier molecular flexibility index (Phi) is 3.71. The lowest BCUT2D eigenvalue weighted by Gasteiger charge is -2.37. The first kappa shape index (κ1) is 13.9. The van der Waals surface area contributed by atoms with Crippen molar-refractivity contribution in [3.05, 3.63) is 0 Å². The molecule has 3 aliphatic heterocycles.